The SMILES string of the molecule is CC(CO)(CN(CC1CC1)C1CC1)NC1CC1. The minimum Gasteiger partial charge on any atom is -0.394 e. The zero-order valence-electron chi connectivity index (χ0n) is 11.0. The number of aliphatic hydroxyl groups is 1. The third-order valence-electron chi connectivity index (χ3n) is 4.28. The number of aliphatic hydroxyl groups excluding tert-OH is 1. The molecule has 3 aliphatic carbocycles. The van der Waals surface area contributed by atoms with Crippen molar-refractivity contribution in [3.05, 3.63) is 0 Å². The van der Waals surface area contributed by atoms with Gasteiger partial charge in [0.2, 0.25) is 0 Å². The Bertz CT molecular complexity index is 271. The second-order valence-corrected chi connectivity index (χ2v) is 6.74. The molecule has 0 aromatic carbocycles. The molecule has 0 aliphatic heterocycles. The maximum absolute atomic E-state index is 9.67. The summed E-state index contributed by atoms with van der Waals surface area (Å²) in [7, 11) is 0. The van der Waals surface area contributed by atoms with E-state index in [9.17, 15) is 5.11 Å². The molecule has 1 unspecified atom stereocenters. The highest BCUT2D eigenvalue weighted by molar-refractivity contribution is 4.98. The standard InChI is InChI=1S/C14H26N2O/c1-14(10-17,15-12-4-5-12)9-16(13-6-7-13)8-11-2-3-11/h11-13,15,17H,2-10H2,1H3. The second kappa shape index (κ2) is 4.52. The first-order valence-electron chi connectivity index (χ1n) is 7.31. The van der Waals surface area contributed by atoms with Crippen LogP contribution in [0.5, 0.6) is 0 Å². The number of nitrogens with one attached hydrogen (secondary N) is 1. The van der Waals surface area contributed by atoms with Crippen LogP contribution in [0.4, 0.5) is 0 Å². The van der Waals surface area contributed by atoms with Crippen molar-refractivity contribution in [2.45, 2.75) is 63.1 Å². The molecule has 0 radical (unpaired) electrons. The molecule has 98 valence electrons. The van der Waals surface area contributed by atoms with E-state index in [0.717, 1.165) is 18.5 Å². The lowest BCUT2D eigenvalue weighted by Gasteiger charge is -2.35. The van der Waals surface area contributed by atoms with Crippen LogP contribution in [0.15, 0.2) is 0 Å². The fourth-order valence-electron chi connectivity index (χ4n) is 2.72. The lowest BCUT2D eigenvalue weighted by atomic mass is 10.0. The van der Waals surface area contributed by atoms with Gasteiger partial charge in [-0.05, 0) is 51.4 Å². The zero-order valence-corrected chi connectivity index (χ0v) is 11.0. The van der Waals surface area contributed by atoms with Crippen molar-refractivity contribution in [1.82, 2.24) is 10.2 Å². The minimum absolute atomic E-state index is 0.0847. The van der Waals surface area contributed by atoms with Crippen LogP contribution in [0.1, 0.15) is 45.4 Å². The summed E-state index contributed by atoms with van der Waals surface area (Å²) >= 11 is 0. The van der Waals surface area contributed by atoms with Gasteiger partial charge < -0.3 is 10.4 Å². The quantitative estimate of drug-likeness (QED) is 0.670. The average Bonchev–Trinajstić information content (AvgIpc) is 3.13. The van der Waals surface area contributed by atoms with E-state index in [-0.39, 0.29) is 12.1 Å². The zero-order chi connectivity index (χ0) is 11.9. The van der Waals surface area contributed by atoms with Crippen LogP contribution in [-0.2, 0) is 0 Å². The summed E-state index contributed by atoms with van der Waals surface area (Å²) in [4.78, 5) is 2.64. The Balaban J connectivity index is 1.55. The van der Waals surface area contributed by atoms with E-state index in [0.29, 0.717) is 6.04 Å². The van der Waals surface area contributed by atoms with E-state index in [1.54, 1.807) is 0 Å². The summed E-state index contributed by atoms with van der Waals surface area (Å²) < 4.78 is 0. The van der Waals surface area contributed by atoms with Crippen LogP contribution in [0.25, 0.3) is 0 Å². The summed E-state index contributed by atoms with van der Waals surface area (Å²) in [6, 6.07) is 1.50. The molecule has 3 fully saturated rings. The summed E-state index contributed by atoms with van der Waals surface area (Å²) in [6.45, 7) is 4.75. The van der Waals surface area contributed by atoms with Gasteiger partial charge in [0.1, 0.15) is 0 Å². The van der Waals surface area contributed by atoms with Crippen molar-refractivity contribution in [3.63, 3.8) is 0 Å². The van der Waals surface area contributed by atoms with Crippen molar-refractivity contribution in [1.29, 1.82) is 0 Å². The molecule has 2 N–H and O–H groups in total. The maximum atomic E-state index is 9.67. The molecule has 0 aromatic heterocycles. The summed E-state index contributed by atoms with van der Waals surface area (Å²) in [5.74, 6) is 0.958. The monoisotopic (exact) mass is 238 g/mol. The van der Waals surface area contributed by atoms with Crippen molar-refractivity contribution < 1.29 is 5.11 Å². The van der Waals surface area contributed by atoms with Gasteiger partial charge in [-0.25, -0.2) is 0 Å². The van der Waals surface area contributed by atoms with Crippen LogP contribution in [0.3, 0.4) is 0 Å². The molecule has 3 rings (SSSR count). The second-order valence-electron chi connectivity index (χ2n) is 6.74. The highest BCUT2D eigenvalue weighted by atomic mass is 16.3. The van der Waals surface area contributed by atoms with E-state index < -0.39 is 0 Å². The lowest BCUT2D eigenvalue weighted by Crippen LogP contribution is -2.55. The van der Waals surface area contributed by atoms with Crippen LogP contribution >= 0.6 is 0 Å². The number of rotatable bonds is 8. The molecule has 1 atom stereocenters. The Hall–Kier alpha value is -0.120. The molecule has 3 heteroatoms. The van der Waals surface area contributed by atoms with E-state index in [2.05, 4.69) is 17.1 Å². The first-order chi connectivity index (χ1) is 8.18. The fraction of sp³-hybridized carbons (Fsp3) is 1.00. The Kier molecular flexibility index (Phi) is 3.18. The molecule has 17 heavy (non-hydrogen) atoms. The fourth-order valence-corrected chi connectivity index (χ4v) is 2.72. The molecular formula is C14H26N2O. The molecule has 0 bridgehead atoms. The third-order valence-corrected chi connectivity index (χ3v) is 4.28. The average molecular weight is 238 g/mol. The smallest absolute Gasteiger partial charge is 0.0623 e. The molecule has 0 aromatic rings. The van der Waals surface area contributed by atoms with E-state index in [1.807, 2.05) is 0 Å². The molecule has 0 saturated heterocycles. The van der Waals surface area contributed by atoms with Gasteiger partial charge in [0.05, 0.1) is 12.1 Å². The predicted molar refractivity (Wildman–Crippen MR) is 69.0 cm³/mol. The normalized spacial score (nSPS) is 28.4. The van der Waals surface area contributed by atoms with E-state index in [1.165, 1.54) is 45.1 Å². The number of hydrogen-bond donors (Lipinski definition) is 2. The van der Waals surface area contributed by atoms with Gasteiger partial charge in [0.25, 0.3) is 0 Å². The van der Waals surface area contributed by atoms with Crippen LogP contribution in [-0.4, -0.2) is 47.3 Å². The largest absolute Gasteiger partial charge is 0.394 e. The van der Waals surface area contributed by atoms with Crippen LogP contribution in [0.2, 0.25) is 0 Å². The van der Waals surface area contributed by atoms with Crippen LogP contribution in [0, 0.1) is 5.92 Å². The van der Waals surface area contributed by atoms with Crippen molar-refractivity contribution in [2.24, 2.45) is 5.92 Å². The third kappa shape index (κ3) is 3.43. The van der Waals surface area contributed by atoms with Gasteiger partial charge in [-0.15, -0.1) is 0 Å². The van der Waals surface area contributed by atoms with Gasteiger partial charge in [0.15, 0.2) is 0 Å². The van der Waals surface area contributed by atoms with Gasteiger partial charge in [-0.2, -0.15) is 0 Å². The van der Waals surface area contributed by atoms with Gasteiger partial charge in [0, 0.05) is 25.2 Å². The molecule has 3 nitrogen and oxygen atoms in total. The number of hydrogen-bond acceptors (Lipinski definition) is 3. The van der Waals surface area contributed by atoms with Gasteiger partial charge in [-0.3, -0.25) is 4.90 Å². The van der Waals surface area contributed by atoms with E-state index in [4.69, 9.17) is 0 Å². The van der Waals surface area contributed by atoms with E-state index >= 15 is 0 Å². The first kappa shape index (κ1) is 11.9. The highest BCUT2D eigenvalue weighted by Crippen LogP contribution is 2.35. The Morgan fingerprint density at radius 2 is 1.88 bits per heavy atom. The Labute approximate surface area is 105 Å². The van der Waals surface area contributed by atoms with Gasteiger partial charge >= 0.3 is 0 Å². The first-order valence-corrected chi connectivity index (χ1v) is 7.31. The van der Waals surface area contributed by atoms with Crippen molar-refractivity contribution in [3.8, 4) is 0 Å². The molecule has 0 heterocycles. The maximum Gasteiger partial charge on any atom is 0.0623 e. The molecule has 0 spiro atoms. The topological polar surface area (TPSA) is 35.5 Å². The lowest BCUT2D eigenvalue weighted by molar-refractivity contribution is 0.111. The van der Waals surface area contributed by atoms with Crippen LogP contribution < -0.4 is 5.32 Å². The Morgan fingerprint density at radius 3 is 2.35 bits per heavy atom. The molecule has 0 amide bonds. The summed E-state index contributed by atoms with van der Waals surface area (Å²) in [5, 5.41) is 13.3. The summed E-state index contributed by atoms with van der Waals surface area (Å²) in [5.41, 5.74) is -0.0847. The highest BCUT2D eigenvalue weighted by Gasteiger charge is 2.39. The van der Waals surface area contributed by atoms with Crippen molar-refractivity contribution in [2.75, 3.05) is 19.7 Å². The Morgan fingerprint density at radius 1 is 1.18 bits per heavy atom. The molecule has 3 saturated carbocycles. The van der Waals surface area contributed by atoms with Gasteiger partial charge in [-0.1, -0.05) is 0 Å². The number of nitrogens with zero attached hydrogens (tertiary/aromatic N) is 1. The summed E-state index contributed by atoms with van der Waals surface area (Å²) in [6.07, 6.45) is 8.18. The molecular weight excluding hydrogens is 212 g/mol. The molecule has 3 aliphatic rings. The van der Waals surface area contributed by atoms with Crippen molar-refractivity contribution >= 4 is 0 Å². The predicted octanol–water partition coefficient (Wildman–Crippen LogP) is 1.36. The minimum atomic E-state index is -0.0847.